The molecule has 0 aromatic carbocycles. The average Bonchev–Trinajstić information content (AvgIpc) is 3.08. The molecule has 0 radical (unpaired) electrons. The first kappa shape index (κ1) is 14.6. The summed E-state index contributed by atoms with van der Waals surface area (Å²) in [6.45, 7) is 8.93. The smallest absolute Gasteiger partial charge is 0.104 e. The van der Waals surface area contributed by atoms with Crippen LogP contribution in [-0.2, 0) is 18.9 Å². The van der Waals surface area contributed by atoms with E-state index in [0.717, 1.165) is 6.61 Å². The van der Waals surface area contributed by atoms with Crippen molar-refractivity contribution in [1.29, 1.82) is 0 Å². The summed E-state index contributed by atoms with van der Waals surface area (Å²) in [5.41, 5.74) is 5.60. The first-order valence-electron chi connectivity index (χ1n) is 5.97. The maximum atomic E-state index is 5.64. The molecule has 0 aromatic heterocycles. The summed E-state index contributed by atoms with van der Waals surface area (Å²) >= 11 is 0. The van der Waals surface area contributed by atoms with Gasteiger partial charge >= 0.3 is 0 Å². The summed E-state index contributed by atoms with van der Waals surface area (Å²) in [4.78, 5) is 0. The Kier molecular flexibility index (Phi) is 7.39. The molecule has 0 amide bonds. The van der Waals surface area contributed by atoms with Gasteiger partial charge in [0.25, 0.3) is 0 Å². The van der Waals surface area contributed by atoms with Gasteiger partial charge in [0.1, 0.15) is 12.2 Å². The predicted molar refractivity (Wildman–Crippen MR) is 65.0 cm³/mol. The van der Waals surface area contributed by atoms with E-state index in [2.05, 4.69) is 6.58 Å². The van der Waals surface area contributed by atoms with Gasteiger partial charge in [0.2, 0.25) is 0 Å². The molecule has 1 aliphatic rings. The van der Waals surface area contributed by atoms with E-state index < -0.39 is 0 Å². The molecular formula is C12H23NO4. The van der Waals surface area contributed by atoms with Gasteiger partial charge in [-0.05, 0) is 6.92 Å². The first-order valence-corrected chi connectivity index (χ1v) is 5.97. The lowest BCUT2D eigenvalue weighted by molar-refractivity contribution is -0.0605. The molecule has 100 valence electrons. The van der Waals surface area contributed by atoms with Crippen molar-refractivity contribution >= 4 is 0 Å². The highest BCUT2D eigenvalue weighted by molar-refractivity contribution is 4.70. The van der Waals surface area contributed by atoms with Gasteiger partial charge in [-0.1, -0.05) is 6.08 Å². The Morgan fingerprint density at radius 2 is 2.12 bits per heavy atom. The maximum absolute atomic E-state index is 5.64. The molecule has 0 saturated carbocycles. The molecule has 5 heteroatoms. The van der Waals surface area contributed by atoms with Gasteiger partial charge in [-0.15, -0.1) is 6.58 Å². The van der Waals surface area contributed by atoms with Crippen LogP contribution in [0.5, 0.6) is 0 Å². The zero-order valence-electron chi connectivity index (χ0n) is 10.5. The van der Waals surface area contributed by atoms with Crippen LogP contribution in [-0.4, -0.2) is 57.9 Å². The van der Waals surface area contributed by atoms with Crippen molar-refractivity contribution in [3.63, 3.8) is 0 Å². The van der Waals surface area contributed by atoms with Gasteiger partial charge in [0, 0.05) is 6.04 Å². The lowest BCUT2D eigenvalue weighted by Gasteiger charge is -2.18. The largest absolute Gasteiger partial charge is 0.377 e. The molecule has 2 N–H and O–H groups in total. The van der Waals surface area contributed by atoms with Crippen molar-refractivity contribution < 1.29 is 18.9 Å². The molecule has 1 heterocycles. The molecule has 5 nitrogen and oxygen atoms in total. The lowest BCUT2D eigenvalue weighted by Crippen LogP contribution is -2.30. The standard InChI is InChI=1S/C12H23NO4/c1-3-4-14-6-11(7-15-5-10(2)13)16-8-12-9-17-12/h3,10-12H,1,4-9,13H2,2H3. The fourth-order valence-electron chi connectivity index (χ4n) is 1.22. The van der Waals surface area contributed by atoms with Crippen molar-refractivity contribution in [3.8, 4) is 0 Å². The minimum Gasteiger partial charge on any atom is -0.377 e. The Labute approximate surface area is 103 Å². The fourth-order valence-corrected chi connectivity index (χ4v) is 1.22. The van der Waals surface area contributed by atoms with Crippen LogP contribution in [0, 0.1) is 0 Å². The summed E-state index contributed by atoms with van der Waals surface area (Å²) in [6.07, 6.45) is 1.90. The van der Waals surface area contributed by atoms with Gasteiger partial charge in [-0.3, -0.25) is 0 Å². The third kappa shape index (κ3) is 8.29. The maximum Gasteiger partial charge on any atom is 0.104 e. The van der Waals surface area contributed by atoms with Crippen LogP contribution in [0.4, 0.5) is 0 Å². The predicted octanol–water partition coefficient (Wildman–Crippen LogP) is 0.337. The second-order valence-electron chi connectivity index (χ2n) is 4.25. The van der Waals surface area contributed by atoms with Crippen LogP contribution in [0.15, 0.2) is 12.7 Å². The minimum atomic E-state index is -0.0714. The molecule has 0 spiro atoms. The Balaban J connectivity index is 2.11. The number of epoxide rings is 1. The minimum absolute atomic E-state index is 0.0384. The fraction of sp³-hybridized carbons (Fsp3) is 0.833. The van der Waals surface area contributed by atoms with Crippen LogP contribution in [0.3, 0.4) is 0 Å². The number of ether oxygens (including phenoxy) is 4. The summed E-state index contributed by atoms with van der Waals surface area (Å²) in [5, 5.41) is 0. The quantitative estimate of drug-likeness (QED) is 0.323. The van der Waals surface area contributed by atoms with E-state index in [1.54, 1.807) is 6.08 Å². The highest BCUT2D eigenvalue weighted by Gasteiger charge is 2.24. The molecule has 3 atom stereocenters. The van der Waals surface area contributed by atoms with Crippen LogP contribution < -0.4 is 5.73 Å². The molecule has 0 aromatic rings. The normalized spacial score (nSPS) is 22.1. The lowest BCUT2D eigenvalue weighted by atomic mass is 10.3. The van der Waals surface area contributed by atoms with Gasteiger partial charge in [-0.2, -0.15) is 0 Å². The van der Waals surface area contributed by atoms with E-state index in [4.69, 9.17) is 24.7 Å². The number of hydrogen-bond acceptors (Lipinski definition) is 5. The third-order valence-corrected chi connectivity index (χ3v) is 2.14. The van der Waals surface area contributed by atoms with E-state index >= 15 is 0 Å². The van der Waals surface area contributed by atoms with E-state index in [1.807, 2.05) is 6.92 Å². The monoisotopic (exact) mass is 245 g/mol. The molecule has 1 fully saturated rings. The van der Waals surface area contributed by atoms with Gasteiger partial charge in [-0.25, -0.2) is 0 Å². The molecule has 1 saturated heterocycles. The van der Waals surface area contributed by atoms with Crippen molar-refractivity contribution in [2.45, 2.75) is 25.2 Å². The topological polar surface area (TPSA) is 66.2 Å². The number of hydrogen-bond donors (Lipinski definition) is 1. The average molecular weight is 245 g/mol. The summed E-state index contributed by atoms with van der Waals surface area (Å²) in [6, 6.07) is 0.0384. The Morgan fingerprint density at radius 3 is 2.71 bits per heavy atom. The van der Waals surface area contributed by atoms with Crippen LogP contribution >= 0.6 is 0 Å². The van der Waals surface area contributed by atoms with Gasteiger partial charge in [0.15, 0.2) is 0 Å². The van der Waals surface area contributed by atoms with E-state index in [0.29, 0.717) is 33.0 Å². The van der Waals surface area contributed by atoms with Crippen molar-refractivity contribution in [2.24, 2.45) is 5.73 Å². The van der Waals surface area contributed by atoms with Crippen LogP contribution in [0.25, 0.3) is 0 Å². The summed E-state index contributed by atoms with van der Waals surface area (Å²) in [7, 11) is 0. The Bertz CT molecular complexity index is 207. The van der Waals surface area contributed by atoms with E-state index in [9.17, 15) is 0 Å². The van der Waals surface area contributed by atoms with Crippen molar-refractivity contribution in [3.05, 3.63) is 12.7 Å². The highest BCUT2D eigenvalue weighted by Crippen LogP contribution is 2.10. The molecule has 17 heavy (non-hydrogen) atoms. The van der Waals surface area contributed by atoms with Gasteiger partial charge < -0.3 is 24.7 Å². The zero-order valence-corrected chi connectivity index (χ0v) is 10.5. The van der Waals surface area contributed by atoms with Crippen molar-refractivity contribution in [1.82, 2.24) is 0 Å². The molecule has 0 aliphatic carbocycles. The molecule has 1 rings (SSSR count). The van der Waals surface area contributed by atoms with E-state index in [-0.39, 0.29) is 18.2 Å². The molecule has 3 unspecified atom stereocenters. The highest BCUT2D eigenvalue weighted by atomic mass is 16.6. The molecular weight excluding hydrogens is 222 g/mol. The molecule has 1 aliphatic heterocycles. The van der Waals surface area contributed by atoms with Crippen LogP contribution in [0.1, 0.15) is 6.92 Å². The SMILES string of the molecule is C=CCOCC(COCC(C)N)OCC1CO1. The van der Waals surface area contributed by atoms with Gasteiger partial charge in [0.05, 0.1) is 39.6 Å². The first-order chi connectivity index (χ1) is 8.22. The number of rotatable bonds is 11. The van der Waals surface area contributed by atoms with Crippen molar-refractivity contribution in [2.75, 3.05) is 39.6 Å². The number of nitrogens with two attached hydrogens (primary N) is 1. The van der Waals surface area contributed by atoms with E-state index in [1.165, 1.54) is 0 Å². The van der Waals surface area contributed by atoms with Crippen LogP contribution in [0.2, 0.25) is 0 Å². The molecule has 0 bridgehead atoms. The second-order valence-corrected chi connectivity index (χ2v) is 4.25. The Morgan fingerprint density at radius 1 is 1.41 bits per heavy atom. The third-order valence-electron chi connectivity index (χ3n) is 2.14. The summed E-state index contributed by atoms with van der Waals surface area (Å²) < 4.78 is 21.5. The second kappa shape index (κ2) is 8.60. The Hall–Kier alpha value is -0.460. The summed E-state index contributed by atoms with van der Waals surface area (Å²) in [5.74, 6) is 0. The zero-order chi connectivity index (χ0) is 12.5.